The Balaban J connectivity index is 0.00000112. The van der Waals surface area contributed by atoms with Crippen LogP contribution in [0.15, 0.2) is 36.4 Å². The first kappa shape index (κ1) is 12.2. The van der Waals surface area contributed by atoms with E-state index in [1.165, 1.54) is 6.07 Å². The van der Waals surface area contributed by atoms with E-state index in [4.69, 9.17) is 0 Å². The van der Waals surface area contributed by atoms with Crippen molar-refractivity contribution >= 4 is 29.6 Å². The summed E-state index contributed by atoms with van der Waals surface area (Å²) >= 11 is 0. The van der Waals surface area contributed by atoms with Gasteiger partial charge in [0.25, 0.3) is 0 Å². The number of fused-ring (bicyclic) bond motifs is 1. The number of halogens is 3. The van der Waals surface area contributed by atoms with Gasteiger partial charge in [0, 0.05) is 24.9 Å². The van der Waals surface area contributed by atoms with Crippen LogP contribution < -0.4 is 0 Å². The van der Waals surface area contributed by atoms with Crippen molar-refractivity contribution in [2.75, 3.05) is 0 Å². The molecule has 72 valence electrons. The summed E-state index contributed by atoms with van der Waals surface area (Å²) in [6, 6.07) is 11.7. The minimum Gasteiger partial charge on any atom is -0.166 e. The Kier molecular flexibility index (Phi) is 3.49. The largest absolute Gasteiger partial charge is 0.417 e. The van der Waals surface area contributed by atoms with Gasteiger partial charge < -0.3 is 0 Å². The molecule has 2 rings (SSSR count). The molecule has 0 aliphatic carbocycles. The molecule has 0 aliphatic heterocycles. The summed E-state index contributed by atoms with van der Waals surface area (Å²) in [6.45, 7) is 0. The first-order valence-corrected chi connectivity index (χ1v) is 4.05. The van der Waals surface area contributed by atoms with Gasteiger partial charge in [0.1, 0.15) is 0 Å². The van der Waals surface area contributed by atoms with E-state index in [0.717, 1.165) is 11.5 Å². The fourth-order valence-corrected chi connectivity index (χ4v) is 1.28. The van der Waals surface area contributed by atoms with E-state index in [-0.39, 0.29) is 18.9 Å². The standard InChI is InChI=1S/C11H6F3.Li/c12-11(13,14)10-6-5-8-3-1-2-4-9(8)7-10;/h1-6H;. The molecule has 0 unspecified atom stereocenters. The molecule has 0 N–H and O–H groups in total. The van der Waals surface area contributed by atoms with E-state index in [2.05, 4.69) is 6.07 Å². The second-order valence-electron chi connectivity index (χ2n) is 2.96. The summed E-state index contributed by atoms with van der Waals surface area (Å²) in [5.74, 6) is 0. The normalized spacial score (nSPS) is 11.1. The topological polar surface area (TPSA) is 0 Å². The summed E-state index contributed by atoms with van der Waals surface area (Å²) in [6.07, 6.45) is -4.32. The van der Waals surface area contributed by atoms with Gasteiger partial charge in [0.15, 0.2) is 0 Å². The van der Waals surface area contributed by atoms with Gasteiger partial charge in [-0.15, -0.1) is 0 Å². The third-order valence-electron chi connectivity index (χ3n) is 1.97. The summed E-state index contributed by atoms with van der Waals surface area (Å²) in [5, 5.41) is 1.25. The van der Waals surface area contributed by atoms with Gasteiger partial charge in [0.05, 0.1) is 5.56 Å². The molecular weight excluding hydrogens is 196 g/mol. The zero-order valence-corrected chi connectivity index (χ0v) is 8.10. The van der Waals surface area contributed by atoms with Crippen molar-refractivity contribution < 1.29 is 13.2 Å². The first-order valence-electron chi connectivity index (χ1n) is 4.05. The Morgan fingerprint density at radius 2 is 1.60 bits per heavy atom. The Labute approximate surface area is 97.3 Å². The molecule has 15 heavy (non-hydrogen) atoms. The van der Waals surface area contributed by atoms with Crippen LogP contribution in [0.25, 0.3) is 10.8 Å². The van der Waals surface area contributed by atoms with Gasteiger partial charge in [-0.05, 0) is 16.8 Å². The van der Waals surface area contributed by atoms with Crippen LogP contribution in [0.2, 0.25) is 0 Å². The Morgan fingerprint density at radius 3 is 2.27 bits per heavy atom. The van der Waals surface area contributed by atoms with E-state index in [9.17, 15) is 13.2 Å². The molecule has 2 aromatic carbocycles. The molecule has 0 saturated heterocycles. The molecule has 0 aromatic heterocycles. The molecule has 0 spiro atoms. The third-order valence-corrected chi connectivity index (χ3v) is 1.97. The van der Waals surface area contributed by atoms with Gasteiger partial charge >= 0.3 is 6.18 Å². The van der Waals surface area contributed by atoms with Crippen molar-refractivity contribution in [2.45, 2.75) is 6.18 Å². The number of benzene rings is 2. The Hall–Kier alpha value is -0.913. The first-order chi connectivity index (χ1) is 6.57. The average Bonchev–Trinajstić information content (AvgIpc) is 2.16. The summed E-state index contributed by atoms with van der Waals surface area (Å²) in [7, 11) is 0. The quantitative estimate of drug-likeness (QED) is 0.575. The fourth-order valence-electron chi connectivity index (χ4n) is 1.28. The van der Waals surface area contributed by atoms with Crippen molar-refractivity contribution in [1.82, 2.24) is 0 Å². The van der Waals surface area contributed by atoms with Crippen molar-refractivity contribution in [3.8, 4) is 0 Å². The molecule has 0 amide bonds. The molecule has 2 radical (unpaired) electrons. The zero-order chi connectivity index (χ0) is 10.2. The van der Waals surface area contributed by atoms with E-state index in [1.807, 2.05) is 0 Å². The minimum absolute atomic E-state index is 0. The summed E-state index contributed by atoms with van der Waals surface area (Å²) in [5.41, 5.74) is -0.726. The summed E-state index contributed by atoms with van der Waals surface area (Å²) < 4.78 is 36.9. The SMILES string of the molecule is FC(F)(F)c1[c]c2ccccc2cc1.[Li]. The van der Waals surface area contributed by atoms with Crippen LogP contribution >= 0.6 is 0 Å². The molecule has 4 heteroatoms. The van der Waals surface area contributed by atoms with Gasteiger partial charge in [-0.3, -0.25) is 0 Å². The predicted octanol–water partition coefficient (Wildman–Crippen LogP) is 3.28. The van der Waals surface area contributed by atoms with Crippen LogP contribution in [-0.4, -0.2) is 18.9 Å². The molecule has 0 bridgehead atoms. The Morgan fingerprint density at radius 1 is 0.933 bits per heavy atom. The molecule has 0 heterocycles. The second-order valence-corrected chi connectivity index (χ2v) is 2.96. The van der Waals surface area contributed by atoms with Crippen LogP contribution in [0, 0.1) is 6.07 Å². The Bertz CT molecular complexity index is 463. The van der Waals surface area contributed by atoms with Gasteiger partial charge in [-0.2, -0.15) is 13.2 Å². The van der Waals surface area contributed by atoms with Crippen LogP contribution in [0.1, 0.15) is 5.56 Å². The summed E-state index contributed by atoms with van der Waals surface area (Å²) in [4.78, 5) is 0. The van der Waals surface area contributed by atoms with E-state index >= 15 is 0 Å². The monoisotopic (exact) mass is 202 g/mol. The van der Waals surface area contributed by atoms with Crippen LogP contribution in [0.4, 0.5) is 13.2 Å². The van der Waals surface area contributed by atoms with Crippen molar-refractivity contribution in [1.29, 1.82) is 0 Å². The fraction of sp³-hybridized carbons (Fsp3) is 0.0909. The van der Waals surface area contributed by atoms with Gasteiger partial charge in [-0.1, -0.05) is 30.3 Å². The van der Waals surface area contributed by atoms with Crippen LogP contribution in [-0.2, 0) is 6.18 Å². The van der Waals surface area contributed by atoms with Crippen molar-refractivity contribution in [2.24, 2.45) is 0 Å². The average molecular weight is 202 g/mol. The zero-order valence-electron chi connectivity index (χ0n) is 8.10. The third kappa shape index (κ3) is 2.56. The molecule has 0 nitrogen and oxygen atoms in total. The maximum absolute atomic E-state index is 12.3. The number of alkyl halides is 3. The number of rotatable bonds is 0. The number of hydrogen-bond donors (Lipinski definition) is 0. The van der Waals surface area contributed by atoms with Crippen LogP contribution in [0.5, 0.6) is 0 Å². The molecule has 0 fully saturated rings. The van der Waals surface area contributed by atoms with Crippen LogP contribution in [0.3, 0.4) is 0 Å². The molecule has 0 aliphatic rings. The van der Waals surface area contributed by atoms with E-state index in [1.54, 1.807) is 24.3 Å². The second kappa shape index (κ2) is 4.30. The molecule has 2 aromatic rings. The maximum atomic E-state index is 12.3. The molecular formula is C11H6F3Li. The minimum atomic E-state index is -4.32. The molecule has 0 atom stereocenters. The van der Waals surface area contributed by atoms with Crippen molar-refractivity contribution in [3.63, 3.8) is 0 Å². The molecule has 0 saturated carbocycles. The van der Waals surface area contributed by atoms with Crippen molar-refractivity contribution in [3.05, 3.63) is 48.0 Å². The van der Waals surface area contributed by atoms with E-state index < -0.39 is 11.7 Å². The smallest absolute Gasteiger partial charge is 0.166 e. The van der Waals surface area contributed by atoms with Gasteiger partial charge in [0.2, 0.25) is 0 Å². The predicted molar refractivity (Wildman–Crippen MR) is 53.5 cm³/mol. The van der Waals surface area contributed by atoms with E-state index in [0.29, 0.717) is 5.39 Å². The van der Waals surface area contributed by atoms with Gasteiger partial charge in [-0.25, -0.2) is 0 Å². The maximum Gasteiger partial charge on any atom is 0.417 e. The number of hydrogen-bond acceptors (Lipinski definition) is 0.